The zero-order chi connectivity index (χ0) is 9.14. The second-order valence-electron chi connectivity index (χ2n) is 2.53. The van der Waals surface area contributed by atoms with Crippen molar-refractivity contribution in [2.45, 2.75) is 31.2 Å². The molecule has 0 aromatic rings. The van der Waals surface area contributed by atoms with Crippen molar-refractivity contribution in [1.82, 2.24) is 0 Å². The Kier molecular flexibility index (Phi) is 3.39. The number of rotatable bonds is 2. The normalized spacial score (nSPS) is 43.0. The third-order valence-electron chi connectivity index (χ3n) is 1.59. The van der Waals surface area contributed by atoms with E-state index in [0.717, 1.165) is 0 Å². The predicted octanol–water partition coefficient (Wildman–Crippen LogP) is -1.65. The Morgan fingerprint density at radius 1 is 1.25 bits per heavy atom. The molecule has 0 aromatic heterocycles. The van der Waals surface area contributed by atoms with Crippen LogP contribution in [0.25, 0.3) is 0 Å². The molecule has 72 valence electrons. The predicted molar refractivity (Wildman–Crippen MR) is 35.6 cm³/mol. The number of aliphatic hydroxyl groups excluding tert-OH is 3. The van der Waals surface area contributed by atoms with Gasteiger partial charge in [0.25, 0.3) is 0 Å². The topological polar surface area (TPSA) is 88.4 Å². The summed E-state index contributed by atoms with van der Waals surface area (Å²) < 4.78 is 4.66. The van der Waals surface area contributed by atoms with Crippen LogP contribution >= 0.6 is 0 Å². The third kappa shape index (κ3) is 2.13. The Bertz CT molecular complexity index is 140. The average molecular weight is 180 g/mol. The Morgan fingerprint density at radius 2 is 1.92 bits per heavy atom. The molecule has 3 N–H and O–H groups in total. The summed E-state index contributed by atoms with van der Waals surface area (Å²) in [5, 5.41) is 27.2. The molecule has 1 saturated heterocycles. The van der Waals surface area contributed by atoms with Crippen LogP contribution in [0.1, 0.15) is 6.42 Å². The molecule has 4 unspecified atom stereocenters. The van der Waals surface area contributed by atoms with Crippen molar-refractivity contribution in [2.75, 3.05) is 7.11 Å². The smallest absolute Gasteiger partial charge is 0.219 e. The monoisotopic (exact) mass is 180 g/mol. The second kappa shape index (κ2) is 4.13. The van der Waals surface area contributed by atoms with E-state index in [1.54, 1.807) is 0 Å². The van der Waals surface area contributed by atoms with Gasteiger partial charge in [-0.3, -0.25) is 0 Å². The van der Waals surface area contributed by atoms with Crippen molar-refractivity contribution in [3.05, 3.63) is 0 Å². The molecule has 0 spiro atoms. The van der Waals surface area contributed by atoms with E-state index in [-0.39, 0.29) is 6.42 Å². The van der Waals surface area contributed by atoms with Gasteiger partial charge in [0, 0.05) is 6.42 Å². The Labute approximate surface area is 69.2 Å². The van der Waals surface area contributed by atoms with Gasteiger partial charge >= 0.3 is 0 Å². The first kappa shape index (κ1) is 9.85. The van der Waals surface area contributed by atoms with Crippen molar-refractivity contribution in [3.8, 4) is 0 Å². The average Bonchev–Trinajstić information content (AvgIpc) is 2.01. The van der Waals surface area contributed by atoms with Crippen molar-refractivity contribution in [3.63, 3.8) is 0 Å². The Morgan fingerprint density at radius 3 is 2.50 bits per heavy atom. The molecule has 4 atom stereocenters. The molecule has 12 heavy (non-hydrogen) atoms. The van der Waals surface area contributed by atoms with Gasteiger partial charge < -0.3 is 20.1 Å². The highest BCUT2D eigenvalue weighted by atomic mass is 17.2. The van der Waals surface area contributed by atoms with Gasteiger partial charge in [-0.25, -0.2) is 9.78 Å². The summed E-state index contributed by atoms with van der Waals surface area (Å²) >= 11 is 0. The third-order valence-corrected chi connectivity index (χ3v) is 1.59. The lowest BCUT2D eigenvalue weighted by Crippen LogP contribution is -2.48. The number of ether oxygens (including phenoxy) is 1. The summed E-state index contributed by atoms with van der Waals surface area (Å²) in [7, 11) is 1.26. The maximum Gasteiger partial charge on any atom is 0.219 e. The first-order chi connectivity index (χ1) is 5.65. The Hall–Kier alpha value is -0.240. The zero-order valence-electron chi connectivity index (χ0n) is 6.58. The SMILES string of the molecule is COOC1OC(O)C(O)CC1O. The van der Waals surface area contributed by atoms with Gasteiger partial charge in [-0.2, -0.15) is 0 Å². The van der Waals surface area contributed by atoms with Gasteiger partial charge in [0.15, 0.2) is 6.29 Å². The van der Waals surface area contributed by atoms with E-state index in [9.17, 15) is 5.11 Å². The van der Waals surface area contributed by atoms with Crippen molar-refractivity contribution in [2.24, 2.45) is 0 Å². The number of aliphatic hydroxyl groups is 3. The summed E-state index contributed by atoms with van der Waals surface area (Å²) in [6.45, 7) is 0. The van der Waals surface area contributed by atoms with E-state index >= 15 is 0 Å². The summed E-state index contributed by atoms with van der Waals surface area (Å²) in [5.41, 5.74) is 0. The minimum atomic E-state index is -1.34. The lowest BCUT2D eigenvalue weighted by atomic mass is 10.1. The van der Waals surface area contributed by atoms with Crippen LogP contribution < -0.4 is 0 Å². The fourth-order valence-corrected chi connectivity index (χ4v) is 0.975. The van der Waals surface area contributed by atoms with E-state index in [4.69, 9.17) is 10.2 Å². The summed E-state index contributed by atoms with van der Waals surface area (Å²) in [6, 6.07) is 0. The van der Waals surface area contributed by atoms with Gasteiger partial charge in [-0.15, -0.1) is 0 Å². The summed E-state index contributed by atoms with van der Waals surface area (Å²) in [5.74, 6) is 0. The van der Waals surface area contributed by atoms with E-state index in [2.05, 4.69) is 14.5 Å². The van der Waals surface area contributed by atoms with Crippen LogP contribution in [0.4, 0.5) is 0 Å². The van der Waals surface area contributed by atoms with Gasteiger partial charge in [0.2, 0.25) is 6.29 Å². The first-order valence-corrected chi connectivity index (χ1v) is 3.54. The molecule has 1 aliphatic heterocycles. The maximum absolute atomic E-state index is 9.19. The molecule has 0 aromatic carbocycles. The molecule has 6 nitrogen and oxygen atoms in total. The van der Waals surface area contributed by atoms with Gasteiger partial charge in [0.05, 0.1) is 7.11 Å². The molecule has 0 aliphatic carbocycles. The molecule has 1 fully saturated rings. The molecule has 0 amide bonds. The Balaban J connectivity index is 2.43. The summed E-state index contributed by atoms with van der Waals surface area (Å²) in [4.78, 5) is 8.73. The van der Waals surface area contributed by atoms with Crippen LogP contribution in [-0.2, 0) is 14.5 Å². The number of hydrogen-bond donors (Lipinski definition) is 3. The molecule has 1 heterocycles. The van der Waals surface area contributed by atoms with Crippen LogP contribution in [0.2, 0.25) is 0 Å². The molecule has 0 saturated carbocycles. The highest BCUT2D eigenvalue weighted by molar-refractivity contribution is 4.74. The zero-order valence-corrected chi connectivity index (χ0v) is 6.58. The number of hydrogen-bond acceptors (Lipinski definition) is 6. The fraction of sp³-hybridized carbons (Fsp3) is 1.00. The standard InChI is InChI=1S/C6H12O6/c1-10-12-6-4(8)2-3(7)5(9)11-6/h3-9H,2H2,1H3. The van der Waals surface area contributed by atoms with Crippen LogP contribution in [0, 0.1) is 0 Å². The van der Waals surface area contributed by atoms with Crippen molar-refractivity contribution in [1.29, 1.82) is 0 Å². The van der Waals surface area contributed by atoms with Gasteiger partial charge in [-0.05, 0) is 0 Å². The largest absolute Gasteiger partial charge is 0.388 e. The highest BCUT2D eigenvalue weighted by Gasteiger charge is 2.36. The maximum atomic E-state index is 9.19. The lowest BCUT2D eigenvalue weighted by molar-refractivity contribution is -0.421. The fourth-order valence-electron chi connectivity index (χ4n) is 0.975. The van der Waals surface area contributed by atoms with Crippen LogP contribution in [0.15, 0.2) is 0 Å². The molecule has 1 aliphatic rings. The second-order valence-corrected chi connectivity index (χ2v) is 2.53. The van der Waals surface area contributed by atoms with Crippen molar-refractivity contribution < 1.29 is 29.8 Å². The summed E-state index contributed by atoms with van der Waals surface area (Å²) in [6.07, 6.45) is -4.48. The van der Waals surface area contributed by atoms with Gasteiger partial charge in [-0.1, -0.05) is 0 Å². The van der Waals surface area contributed by atoms with E-state index in [1.807, 2.05) is 0 Å². The molecular formula is C6H12O6. The van der Waals surface area contributed by atoms with E-state index in [1.165, 1.54) is 7.11 Å². The minimum Gasteiger partial charge on any atom is -0.388 e. The molecule has 1 rings (SSSR count). The highest BCUT2D eigenvalue weighted by Crippen LogP contribution is 2.19. The first-order valence-electron chi connectivity index (χ1n) is 3.54. The van der Waals surface area contributed by atoms with E-state index < -0.39 is 24.8 Å². The molecule has 0 bridgehead atoms. The minimum absolute atomic E-state index is 0.00477. The molecular weight excluding hydrogens is 168 g/mol. The van der Waals surface area contributed by atoms with Crippen LogP contribution in [0.5, 0.6) is 0 Å². The molecule has 6 heteroatoms. The van der Waals surface area contributed by atoms with Crippen molar-refractivity contribution >= 4 is 0 Å². The van der Waals surface area contributed by atoms with Crippen LogP contribution in [0.3, 0.4) is 0 Å². The van der Waals surface area contributed by atoms with Crippen LogP contribution in [-0.4, -0.2) is 47.2 Å². The molecule has 0 radical (unpaired) electrons. The van der Waals surface area contributed by atoms with Gasteiger partial charge in [0.1, 0.15) is 12.2 Å². The quantitative estimate of drug-likeness (QED) is 0.348. The van der Waals surface area contributed by atoms with E-state index in [0.29, 0.717) is 0 Å². The lowest BCUT2D eigenvalue weighted by Gasteiger charge is -2.32.